The molecule has 0 radical (unpaired) electrons. The molecule has 0 saturated carbocycles. The fourth-order valence-electron chi connectivity index (χ4n) is 3.48. The summed E-state index contributed by atoms with van der Waals surface area (Å²) < 4.78 is 5.11. The summed E-state index contributed by atoms with van der Waals surface area (Å²) in [5.41, 5.74) is 2.50. The van der Waals surface area contributed by atoms with Crippen molar-refractivity contribution in [3.05, 3.63) is 35.4 Å². The summed E-state index contributed by atoms with van der Waals surface area (Å²) >= 11 is 0. The Labute approximate surface area is 149 Å². The van der Waals surface area contributed by atoms with Crippen LogP contribution in [0.3, 0.4) is 0 Å². The minimum Gasteiger partial charge on any atom is -0.466 e. The molecule has 1 amide bonds. The second kappa shape index (κ2) is 8.49. The summed E-state index contributed by atoms with van der Waals surface area (Å²) in [5, 5.41) is 3.33. The predicted octanol–water partition coefficient (Wildman–Crippen LogP) is 1.92. The van der Waals surface area contributed by atoms with Crippen LogP contribution in [0.2, 0.25) is 0 Å². The molecule has 3 rings (SSSR count). The van der Waals surface area contributed by atoms with E-state index in [0.717, 1.165) is 32.4 Å². The molecule has 2 aliphatic heterocycles. The maximum atomic E-state index is 12.8. The van der Waals surface area contributed by atoms with E-state index in [0.29, 0.717) is 13.2 Å². The van der Waals surface area contributed by atoms with Gasteiger partial charge in [-0.1, -0.05) is 24.3 Å². The fraction of sp³-hybridized carbons (Fsp3) is 0.556. The highest BCUT2D eigenvalue weighted by Crippen LogP contribution is 2.22. The van der Waals surface area contributed by atoms with Crippen LogP contribution < -0.4 is 5.32 Å². The molecule has 6 heteroatoms. The lowest BCUT2D eigenvalue weighted by Gasteiger charge is -2.35. The van der Waals surface area contributed by atoms with Gasteiger partial charge in [-0.25, -0.2) is 0 Å². The van der Waals surface area contributed by atoms with E-state index in [1.165, 1.54) is 11.1 Å². The van der Waals surface area contributed by atoms with Crippen molar-refractivity contribution >= 4 is 24.3 Å². The Morgan fingerprint density at radius 2 is 2.04 bits per heavy atom. The standard InChI is InChI=1S/C18H24N2O3.ClH/c1-2-23-18(22)15-8-5-9-20(12-15)17(21)16-10-13-6-3-4-7-14(13)11-19-16;/h3-4,6-7,15-16,19H,2,5,8-12H2,1H3;1H. The summed E-state index contributed by atoms with van der Waals surface area (Å²) in [4.78, 5) is 26.6. The Balaban J connectivity index is 0.00000208. The zero-order valence-electron chi connectivity index (χ0n) is 14.0. The highest BCUT2D eigenvalue weighted by Gasteiger charge is 2.33. The first-order valence-electron chi connectivity index (χ1n) is 8.44. The number of halogens is 1. The first kappa shape index (κ1) is 18.7. The highest BCUT2D eigenvalue weighted by atomic mass is 35.5. The van der Waals surface area contributed by atoms with Gasteiger partial charge in [0.2, 0.25) is 5.91 Å². The number of rotatable bonds is 3. The molecule has 2 heterocycles. The van der Waals surface area contributed by atoms with Crippen LogP contribution in [0.25, 0.3) is 0 Å². The van der Waals surface area contributed by atoms with Gasteiger partial charge in [0.1, 0.15) is 0 Å². The van der Waals surface area contributed by atoms with E-state index in [1.54, 1.807) is 0 Å². The number of esters is 1. The fourth-order valence-corrected chi connectivity index (χ4v) is 3.48. The van der Waals surface area contributed by atoms with Gasteiger partial charge in [-0.05, 0) is 37.3 Å². The van der Waals surface area contributed by atoms with E-state index in [4.69, 9.17) is 4.74 Å². The zero-order chi connectivity index (χ0) is 16.2. The third kappa shape index (κ3) is 4.08. The Morgan fingerprint density at radius 3 is 2.79 bits per heavy atom. The Morgan fingerprint density at radius 1 is 1.29 bits per heavy atom. The van der Waals surface area contributed by atoms with Crippen LogP contribution in [0.5, 0.6) is 0 Å². The molecule has 2 unspecified atom stereocenters. The molecule has 5 nitrogen and oxygen atoms in total. The summed E-state index contributed by atoms with van der Waals surface area (Å²) in [6.45, 7) is 4.14. The highest BCUT2D eigenvalue weighted by molar-refractivity contribution is 5.85. The second-order valence-electron chi connectivity index (χ2n) is 6.28. The van der Waals surface area contributed by atoms with Crippen molar-refractivity contribution in [2.75, 3.05) is 19.7 Å². The third-order valence-electron chi connectivity index (χ3n) is 4.73. The zero-order valence-corrected chi connectivity index (χ0v) is 14.8. The Bertz CT molecular complexity index is 593. The topological polar surface area (TPSA) is 58.6 Å². The van der Waals surface area contributed by atoms with E-state index in [1.807, 2.05) is 24.0 Å². The number of ether oxygens (including phenoxy) is 1. The van der Waals surface area contributed by atoms with Gasteiger partial charge in [0.15, 0.2) is 0 Å². The number of piperidine rings is 1. The van der Waals surface area contributed by atoms with E-state index < -0.39 is 0 Å². The number of carbonyl (C=O) groups is 2. The predicted molar refractivity (Wildman–Crippen MR) is 94.0 cm³/mol. The van der Waals surface area contributed by atoms with Crippen LogP contribution in [0.1, 0.15) is 30.9 Å². The monoisotopic (exact) mass is 352 g/mol. The van der Waals surface area contributed by atoms with Gasteiger partial charge < -0.3 is 15.0 Å². The number of hydrogen-bond acceptors (Lipinski definition) is 4. The number of amides is 1. The molecule has 1 aromatic rings. The maximum Gasteiger partial charge on any atom is 0.310 e. The van der Waals surface area contributed by atoms with Gasteiger partial charge in [-0.2, -0.15) is 0 Å². The van der Waals surface area contributed by atoms with Gasteiger partial charge in [0.25, 0.3) is 0 Å². The smallest absolute Gasteiger partial charge is 0.310 e. The van der Waals surface area contributed by atoms with Gasteiger partial charge >= 0.3 is 5.97 Å². The van der Waals surface area contributed by atoms with Gasteiger partial charge in [-0.3, -0.25) is 9.59 Å². The molecule has 1 saturated heterocycles. The molecule has 132 valence electrons. The van der Waals surface area contributed by atoms with E-state index >= 15 is 0 Å². The van der Waals surface area contributed by atoms with Crippen LogP contribution >= 0.6 is 12.4 Å². The van der Waals surface area contributed by atoms with Gasteiger partial charge in [-0.15, -0.1) is 12.4 Å². The Hall–Kier alpha value is -1.59. The van der Waals surface area contributed by atoms with Crippen molar-refractivity contribution < 1.29 is 14.3 Å². The summed E-state index contributed by atoms with van der Waals surface area (Å²) in [5.74, 6) is -0.246. The van der Waals surface area contributed by atoms with Crippen molar-refractivity contribution in [2.24, 2.45) is 5.92 Å². The number of hydrogen-bond donors (Lipinski definition) is 1. The van der Waals surface area contributed by atoms with Crippen LogP contribution in [0.15, 0.2) is 24.3 Å². The number of carbonyl (C=O) groups excluding carboxylic acids is 2. The first-order chi connectivity index (χ1) is 11.2. The van der Waals surface area contributed by atoms with Crippen molar-refractivity contribution in [3.8, 4) is 0 Å². The van der Waals surface area contributed by atoms with Crippen molar-refractivity contribution in [3.63, 3.8) is 0 Å². The van der Waals surface area contributed by atoms with Crippen molar-refractivity contribution in [2.45, 2.75) is 38.8 Å². The van der Waals surface area contributed by atoms with E-state index in [2.05, 4.69) is 17.4 Å². The van der Waals surface area contributed by atoms with E-state index in [9.17, 15) is 9.59 Å². The van der Waals surface area contributed by atoms with Crippen LogP contribution in [0.4, 0.5) is 0 Å². The lowest BCUT2D eigenvalue weighted by Crippen LogP contribution is -2.52. The molecule has 0 bridgehead atoms. The molecule has 2 atom stereocenters. The number of benzene rings is 1. The lowest BCUT2D eigenvalue weighted by molar-refractivity contribution is -0.151. The Kier molecular flexibility index (Phi) is 6.63. The summed E-state index contributed by atoms with van der Waals surface area (Å²) in [6, 6.07) is 8.04. The molecule has 2 aliphatic rings. The first-order valence-corrected chi connectivity index (χ1v) is 8.44. The molecule has 0 aliphatic carbocycles. The summed E-state index contributed by atoms with van der Waals surface area (Å²) in [6.07, 6.45) is 2.39. The number of likely N-dealkylation sites (tertiary alicyclic amines) is 1. The quantitative estimate of drug-likeness (QED) is 0.844. The maximum absolute atomic E-state index is 12.8. The van der Waals surface area contributed by atoms with Gasteiger partial charge in [0.05, 0.1) is 18.6 Å². The lowest BCUT2D eigenvalue weighted by atomic mass is 9.93. The SMILES string of the molecule is CCOC(=O)C1CCCN(C(=O)C2Cc3ccccc3CN2)C1.Cl. The van der Waals surface area contributed by atoms with Crippen molar-refractivity contribution in [1.29, 1.82) is 0 Å². The summed E-state index contributed by atoms with van der Waals surface area (Å²) in [7, 11) is 0. The van der Waals surface area contributed by atoms with Crippen molar-refractivity contribution in [1.82, 2.24) is 10.2 Å². The number of nitrogens with one attached hydrogen (secondary N) is 1. The molecule has 24 heavy (non-hydrogen) atoms. The molecule has 1 N–H and O–H groups in total. The van der Waals surface area contributed by atoms with Crippen LogP contribution in [-0.2, 0) is 27.3 Å². The van der Waals surface area contributed by atoms with E-state index in [-0.39, 0.29) is 36.2 Å². The van der Waals surface area contributed by atoms with Crippen LogP contribution in [0, 0.1) is 5.92 Å². The second-order valence-corrected chi connectivity index (χ2v) is 6.28. The third-order valence-corrected chi connectivity index (χ3v) is 4.73. The minimum absolute atomic E-state index is 0. The van der Waals surface area contributed by atoms with Gasteiger partial charge in [0, 0.05) is 19.6 Å². The number of nitrogens with zero attached hydrogens (tertiary/aromatic N) is 1. The molecule has 0 spiro atoms. The molecular weight excluding hydrogens is 328 g/mol. The normalized spacial score (nSPS) is 23.0. The number of fused-ring (bicyclic) bond motifs is 1. The minimum atomic E-state index is -0.189. The molecule has 1 aromatic carbocycles. The molecule has 0 aromatic heterocycles. The average Bonchev–Trinajstić information content (AvgIpc) is 2.61. The molecular formula is C18H25ClN2O3. The largest absolute Gasteiger partial charge is 0.466 e. The average molecular weight is 353 g/mol. The molecule has 1 fully saturated rings. The van der Waals surface area contributed by atoms with Crippen LogP contribution in [-0.4, -0.2) is 42.5 Å².